The molecule has 7 heterocycles. The highest BCUT2D eigenvalue weighted by Crippen LogP contribution is 2.39. The Morgan fingerprint density at radius 1 is 0.520 bits per heavy atom. The fourth-order valence-electron chi connectivity index (χ4n) is 13.4. The monoisotopic (exact) mass is 1470 g/mol. The largest absolute Gasteiger partial charge is 0.480 e. The average Bonchev–Trinajstić information content (AvgIpc) is 1.02. The second kappa shape index (κ2) is 36.9. The van der Waals surface area contributed by atoms with Crippen molar-refractivity contribution in [3.8, 4) is 0 Å². The molecular formula is C58H97N7O34S. The third kappa shape index (κ3) is 19.5. The maximum absolute atomic E-state index is 13.5. The molecule has 0 radical (unpaired) electrons. The highest BCUT2D eigenvalue weighted by Gasteiger charge is 2.58. The Kier molecular flexibility index (Phi) is 30.5. The van der Waals surface area contributed by atoms with E-state index in [-0.39, 0.29) is 43.6 Å². The summed E-state index contributed by atoms with van der Waals surface area (Å²) in [4.78, 5) is 88.5. The van der Waals surface area contributed by atoms with Gasteiger partial charge in [0.1, 0.15) is 134 Å². The third-order valence-electron chi connectivity index (χ3n) is 18.6. The lowest BCUT2D eigenvalue weighted by Crippen LogP contribution is -2.71. The number of aliphatic carboxylic acids is 1. The van der Waals surface area contributed by atoms with Crippen molar-refractivity contribution in [2.24, 2.45) is 5.92 Å². The number of carbonyl (C=O) groups excluding carboxylic acids is 6. The molecule has 41 nitrogen and oxygen atoms in total. The number of fused-ring (bicyclic) bond motifs is 1. The van der Waals surface area contributed by atoms with Crippen LogP contribution in [0.5, 0.6) is 0 Å². The van der Waals surface area contributed by atoms with Crippen molar-refractivity contribution in [1.82, 2.24) is 37.2 Å². The maximum Gasteiger partial charge on any atom is 0.326 e. The van der Waals surface area contributed by atoms with Gasteiger partial charge < -0.3 is 171 Å². The molecule has 0 bridgehead atoms. The molecule has 34 atom stereocenters. The van der Waals surface area contributed by atoms with Gasteiger partial charge in [-0.2, -0.15) is 11.8 Å². The molecule has 24 N–H and O–H groups in total. The van der Waals surface area contributed by atoms with Gasteiger partial charge >= 0.3 is 12.0 Å². The minimum absolute atomic E-state index is 0. The van der Waals surface area contributed by atoms with Gasteiger partial charge in [0.05, 0.1) is 69.8 Å². The first-order valence-electron chi connectivity index (χ1n) is 32.3. The smallest absolute Gasteiger partial charge is 0.326 e. The van der Waals surface area contributed by atoms with Crippen molar-refractivity contribution in [1.29, 1.82) is 0 Å². The second-order valence-corrected chi connectivity index (χ2v) is 26.9. The van der Waals surface area contributed by atoms with Gasteiger partial charge in [-0.3, -0.25) is 24.0 Å². The number of rotatable bonds is 29. The van der Waals surface area contributed by atoms with Crippen molar-refractivity contribution in [3.05, 3.63) is 0 Å². The van der Waals surface area contributed by atoms with Gasteiger partial charge in [0, 0.05) is 50.7 Å². The maximum atomic E-state index is 13.5. The number of unbranched alkanes of at least 4 members (excludes halogenated alkanes) is 1. The molecule has 42 heteroatoms. The Labute approximate surface area is 575 Å². The number of aliphatic hydroxyl groups is 16. The molecule has 7 saturated heterocycles. The predicted octanol–water partition coefficient (Wildman–Crippen LogP) is -12.6. The molecule has 7 aliphatic heterocycles. The van der Waals surface area contributed by atoms with E-state index in [1.165, 1.54) is 0 Å². The highest BCUT2D eigenvalue weighted by molar-refractivity contribution is 8.00. The predicted molar refractivity (Wildman–Crippen MR) is 328 cm³/mol. The zero-order valence-electron chi connectivity index (χ0n) is 53.8. The van der Waals surface area contributed by atoms with E-state index in [0.717, 1.165) is 26.5 Å². The number of amides is 7. The van der Waals surface area contributed by atoms with Crippen LogP contribution in [0.15, 0.2) is 0 Å². The zero-order chi connectivity index (χ0) is 72.6. The number of hydrogen-bond acceptors (Lipinski definition) is 34. The summed E-state index contributed by atoms with van der Waals surface area (Å²) in [5.74, 6) is -6.28. The van der Waals surface area contributed by atoms with Crippen LogP contribution in [0.2, 0.25) is 0 Å². The summed E-state index contributed by atoms with van der Waals surface area (Å²) in [6, 6.07) is -7.12. The standard InChI is InChI=1S/C57H93N7O34S.CH4/c1-17(70)58-33-23(8-20(10-65)47(39(33)78)96-54-45(84)42(81)36(75)24(11-66)92-54)90-50-44(83)37(76)25(12-67)93-56(50)89-15-28-38(77)43(82)46(85)55(95-28)98-49-27(14-69)94-53(35(41(49)80)60-19(3)72)97-48-26(13-68)91-51(34(40(48)79)59-18(2)71)63-31(74)9-21(52(86)87)61-30(73)7-5-4-6-29-32-22(16-99-29)62-57(88)64-32;/h20-29,32-51,53-56,65-69,75-85H,4-16H2,1-3H3,(H,58,70)(H,59,71)(H,60,72)(H,61,73)(H,63,74)(H,86,87)(H2,62,64,88);1H4/t20-,21?,22?,23+,24?,25?,26?,27?,28?,29?,32?,33?,34?,35?,36-,37+,38+,39?,40+,41+,42-,43-,44-,45?,46?,47+,48+,49+,50?,51+,53-,54-,55-,56-;/m0./s1. The average molecular weight is 1470 g/mol. The molecule has 7 amide bonds. The van der Waals surface area contributed by atoms with E-state index in [4.69, 9.17) is 47.4 Å². The van der Waals surface area contributed by atoms with Crippen LogP contribution in [-0.4, -0.2) is 375 Å². The van der Waals surface area contributed by atoms with Gasteiger partial charge in [0.25, 0.3) is 0 Å². The minimum atomic E-state index is -2.22. The second-order valence-electron chi connectivity index (χ2n) is 25.6. The summed E-state index contributed by atoms with van der Waals surface area (Å²) in [5.41, 5.74) is 0. The van der Waals surface area contributed by atoms with E-state index in [0.29, 0.717) is 19.3 Å². The molecule has 100 heavy (non-hydrogen) atoms. The van der Waals surface area contributed by atoms with Crippen LogP contribution in [-0.2, 0) is 76.1 Å². The Hall–Kier alpha value is -4.60. The van der Waals surface area contributed by atoms with Crippen LogP contribution in [0, 0.1) is 5.92 Å². The lowest BCUT2D eigenvalue weighted by atomic mass is 9.79. The number of nitrogens with one attached hydrogen (secondary N) is 7. The number of carbonyl (C=O) groups is 7. The van der Waals surface area contributed by atoms with E-state index < -0.39 is 271 Å². The van der Waals surface area contributed by atoms with Gasteiger partial charge in [-0.1, -0.05) is 13.8 Å². The molecule has 0 aromatic heterocycles. The summed E-state index contributed by atoms with van der Waals surface area (Å²) in [6.45, 7) is -2.59. The van der Waals surface area contributed by atoms with Crippen molar-refractivity contribution < 1.29 is 168 Å². The van der Waals surface area contributed by atoms with Crippen molar-refractivity contribution >= 4 is 53.3 Å². The Morgan fingerprint density at radius 3 is 1.60 bits per heavy atom. The first kappa shape index (κ1) is 82.7. The zero-order valence-corrected chi connectivity index (χ0v) is 54.6. The lowest BCUT2D eigenvalue weighted by molar-refractivity contribution is -0.366. The van der Waals surface area contributed by atoms with E-state index in [2.05, 4.69) is 37.2 Å². The van der Waals surface area contributed by atoms with Crippen LogP contribution in [0.25, 0.3) is 0 Å². The molecule has 16 unspecified atom stereocenters. The Bertz CT molecular complexity index is 2710. The Morgan fingerprint density at radius 2 is 1.02 bits per heavy atom. The molecule has 0 spiro atoms. The van der Waals surface area contributed by atoms with Crippen LogP contribution in [0.1, 0.15) is 66.7 Å². The van der Waals surface area contributed by atoms with Gasteiger partial charge in [-0.25, -0.2) is 9.59 Å². The first-order chi connectivity index (χ1) is 46.9. The molecule has 0 aromatic carbocycles. The SMILES string of the molecule is C.CC(=O)NC1[C@H](O[C@@H]2C(CO)O[C@@H](NC(=O)CC(NC(=O)CCCCC3SCC4NC(=O)NC43)C(=O)O)C(NC(C)=O)[C@H]2O)OC(CO)[C@@H](O[C@@H]2OC(CO[C@H]3OC(CO)[C@@H](O)[C@H](O)C3O[C@@H]3C[C@@H](CO)[C@@H](O[C@@H]4OC(CO)[C@H](O)[C@H](O)C4O)C(O)C3NC(C)=O)[C@@H](O)[C@H](O)C2O)[C@@H]1O. The van der Waals surface area contributed by atoms with Gasteiger partial charge in [-0.05, 0) is 19.3 Å². The number of ether oxygens (including phenoxy) is 10. The number of aliphatic hydroxyl groups excluding tert-OH is 16. The van der Waals surface area contributed by atoms with E-state index in [1.807, 2.05) is 0 Å². The number of carboxylic acid groups (broad SMARTS) is 1. The van der Waals surface area contributed by atoms with E-state index in [1.54, 1.807) is 11.8 Å². The third-order valence-corrected chi connectivity index (χ3v) is 20.1. The van der Waals surface area contributed by atoms with Crippen LogP contribution < -0.4 is 37.2 Å². The number of carboxylic acids is 1. The van der Waals surface area contributed by atoms with Crippen molar-refractivity contribution in [2.45, 2.75) is 268 Å². The molecule has 8 aliphatic rings. The van der Waals surface area contributed by atoms with Gasteiger partial charge in [0.2, 0.25) is 29.5 Å². The molecule has 8 rings (SSSR count). The summed E-state index contributed by atoms with van der Waals surface area (Å²) in [5, 5.41) is 203. The molecule has 0 aromatic rings. The van der Waals surface area contributed by atoms with Crippen LogP contribution in [0.4, 0.5) is 4.79 Å². The fourth-order valence-corrected chi connectivity index (χ4v) is 15.0. The number of thioether (sulfide) groups is 1. The van der Waals surface area contributed by atoms with Crippen molar-refractivity contribution in [2.75, 3.05) is 45.4 Å². The Balaban J connectivity index is 0.0000140. The fraction of sp³-hybridized carbons (Fsp3) is 0.879. The molecule has 8 fully saturated rings. The summed E-state index contributed by atoms with van der Waals surface area (Å²) >= 11 is 1.68. The molecule has 1 aliphatic carbocycles. The van der Waals surface area contributed by atoms with E-state index >= 15 is 0 Å². The summed E-state index contributed by atoms with van der Waals surface area (Å²) < 4.78 is 59.1. The number of urea groups is 1. The topological polar surface area (TPSA) is 640 Å². The van der Waals surface area contributed by atoms with Crippen LogP contribution in [0.3, 0.4) is 0 Å². The van der Waals surface area contributed by atoms with Gasteiger partial charge in [-0.15, -0.1) is 0 Å². The van der Waals surface area contributed by atoms with Crippen molar-refractivity contribution in [3.63, 3.8) is 0 Å². The molecule has 574 valence electrons. The van der Waals surface area contributed by atoms with Gasteiger partial charge in [0.15, 0.2) is 31.4 Å². The number of hydrogen-bond donors (Lipinski definition) is 24. The first-order valence-corrected chi connectivity index (χ1v) is 33.3. The molecule has 1 saturated carbocycles. The van der Waals surface area contributed by atoms with E-state index in [9.17, 15) is 120 Å². The highest BCUT2D eigenvalue weighted by atomic mass is 32.2. The minimum Gasteiger partial charge on any atom is -0.480 e. The van der Waals surface area contributed by atoms with Crippen LogP contribution >= 0.6 is 11.8 Å². The molecular weight excluding hydrogens is 1370 g/mol. The normalized spacial score (nSPS) is 42.9. The quantitative estimate of drug-likeness (QED) is 0.0244. The summed E-state index contributed by atoms with van der Waals surface area (Å²) in [7, 11) is 0. The lowest BCUT2D eigenvalue weighted by Gasteiger charge is -2.50. The summed E-state index contributed by atoms with van der Waals surface area (Å²) in [6.07, 6.45) is -48.6.